The van der Waals surface area contributed by atoms with E-state index in [-0.39, 0.29) is 12.5 Å². The van der Waals surface area contributed by atoms with Crippen molar-refractivity contribution >= 4 is 10.0 Å². The summed E-state index contributed by atoms with van der Waals surface area (Å²) in [5.74, 6) is 0.0783. The summed E-state index contributed by atoms with van der Waals surface area (Å²) in [5.41, 5.74) is 0.934. The minimum Gasteiger partial charge on any atom is -0.396 e. The molecular formula is C12H17NO3S. The van der Waals surface area contributed by atoms with Gasteiger partial charge in [-0.1, -0.05) is 12.1 Å². The van der Waals surface area contributed by atoms with E-state index >= 15 is 0 Å². The predicted octanol–water partition coefficient (Wildman–Crippen LogP) is 0.998. The van der Waals surface area contributed by atoms with Gasteiger partial charge in [-0.05, 0) is 37.0 Å². The van der Waals surface area contributed by atoms with Crippen LogP contribution in [0.4, 0.5) is 0 Å². The van der Waals surface area contributed by atoms with Gasteiger partial charge in [-0.3, -0.25) is 0 Å². The third-order valence-corrected chi connectivity index (χ3v) is 5.00. The Morgan fingerprint density at radius 2 is 2.24 bits per heavy atom. The Bertz CT molecular complexity index is 498. The lowest BCUT2D eigenvalue weighted by Gasteiger charge is -2.16. The van der Waals surface area contributed by atoms with Crippen LogP contribution in [0, 0.1) is 12.8 Å². The number of rotatable bonds is 3. The molecule has 0 aromatic heterocycles. The maximum atomic E-state index is 12.3. The molecule has 2 rings (SSSR count). The van der Waals surface area contributed by atoms with Gasteiger partial charge in [0.15, 0.2) is 0 Å². The first-order valence-electron chi connectivity index (χ1n) is 5.71. The van der Waals surface area contributed by atoms with Crippen LogP contribution in [0.3, 0.4) is 0 Å². The summed E-state index contributed by atoms with van der Waals surface area (Å²) in [6, 6.07) is 6.93. The number of aryl methyl sites for hydroxylation is 1. The van der Waals surface area contributed by atoms with Crippen molar-refractivity contribution in [3.63, 3.8) is 0 Å². The van der Waals surface area contributed by atoms with E-state index in [1.807, 2.05) is 13.0 Å². The van der Waals surface area contributed by atoms with Crippen molar-refractivity contribution in [1.82, 2.24) is 4.31 Å². The van der Waals surface area contributed by atoms with Crippen molar-refractivity contribution in [3.8, 4) is 0 Å². The van der Waals surface area contributed by atoms with Gasteiger partial charge in [-0.15, -0.1) is 0 Å². The zero-order valence-corrected chi connectivity index (χ0v) is 10.7. The Balaban J connectivity index is 2.25. The van der Waals surface area contributed by atoms with Crippen LogP contribution in [0.2, 0.25) is 0 Å². The summed E-state index contributed by atoms with van der Waals surface area (Å²) < 4.78 is 26.0. The third kappa shape index (κ3) is 2.51. The van der Waals surface area contributed by atoms with E-state index in [4.69, 9.17) is 5.11 Å². The smallest absolute Gasteiger partial charge is 0.243 e. The number of hydrogen-bond donors (Lipinski definition) is 1. The molecule has 0 radical (unpaired) electrons. The van der Waals surface area contributed by atoms with Crippen molar-refractivity contribution in [2.75, 3.05) is 19.7 Å². The quantitative estimate of drug-likeness (QED) is 0.876. The van der Waals surface area contributed by atoms with E-state index in [0.29, 0.717) is 18.0 Å². The standard InChI is InChI=1S/C12H17NO3S/c1-10-3-2-4-12(7-10)17(15,16)13-6-5-11(8-13)9-14/h2-4,7,11,14H,5-6,8-9H2,1H3. The first-order valence-corrected chi connectivity index (χ1v) is 7.15. The van der Waals surface area contributed by atoms with Gasteiger partial charge in [0.2, 0.25) is 10.0 Å². The molecule has 4 nitrogen and oxygen atoms in total. The highest BCUT2D eigenvalue weighted by Gasteiger charge is 2.31. The molecule has 0 spiro atoms. The van der Waals surface area contributed by atoms with Gasteiger partial charge in [0, 0.05) is 19.7 Å². The second-order valence-electron chi connectivity index (χ2n) is 4.52. The monoisotopic (exact) mass is 255 g/mol. The summed E-state index contributed by atoms with van der Waals surface area (Å²) in [5, 5.41) is 9.04. The Hall–Kier alpha value is -0.910. The molecule has 0 aliphatic carbocycles. The fraction of sp³-hybridized carbons (Fsp3) is 0.500. The summed E-state index contributed by atoms with van der Waals surface area (Å²) in [6.45, 7) is 2.85. The van der Waals surface area contributed by atoms with Crippen LogP contribution >= 0.6 is 0 Å². The zero-order chi connectivity index (χ0) is 12.5. The Labute approximate surface area is 102 Å². The van der Waals surface area contributed by atoms with Crippen LogP contribution in [0.25, 0.3) is 0 Å². The van der Waals surface area contributed by atoms with E-state index in [9.17, 15) is 8.42 Å². The lowest BCUT2D eigenvalue weighted by atomic mass is 10.1. The first kappa shape index (κ1) is 12.5. The largest absolute Gasteiger partial charge is 0.396 e. The van der Waals surface area contributed by atoms with Gasteiger partial charge in [-0.2, -0.15) is 4.31 Å². The minimum atomic E-state index is -3.38. The number of aliphatic hydroxyl groups is 1. The van der Waals surface area contributed by atoms with E-state index < -0.39 is 10.0 Å². The molecule has 1 heterocycles. The van der Waals surface area contributed by atoms with E-state index in [1.165, 1.54) is 4.31 Å². The van der Waals surface area contributed by atoms with Crippen molar-refractivity contribution in [1.29, 1.82) is 0 Å². The van der Waals surface area contributed by atoms with Gasteiger partial charge < -0.3 is 5.11 Å². The van der Waals surface area contributed by atoms with E-state index in [1.54, 1.807) is 18.2 Å². The molecule has 1 unspecified atom stereocenters. The highest BCUT2D eigenvalue weighted by atomic mass is 32.2. The molecule has 0 saturated carbocycles. The number of nitrogens with zero attached hydrogens (tertiary/aromatic N) is 1. The summed E-state index contributed by atoms with van der Waals surface area (Å²) >= 11 is 0. The molecule has 1 fully saturated rings. The van der Waals surface area contributed by atoms with Gasteiger partial charge in [0.25, 0.3) is 0 Å². The maximum absolute atomic E-state index is 12.3. The molecule has 1 aromatic carbocycles. The summed E-state index contributed by atoms with van der Waals surface area (Å²) in [6.07, 6.45) is 0.738. The Morgan fingerprint density at radius 3 is 2.82 bits per heavy atom. The SMILES string of the molecule is Cc1cccc(S(=O)(=O)N2CCC(CO)C2)c1. The lowest BCUT2D eigenvalue weighted by molar-refractivity contribution is 0.233. The molecular weight excluding hydrogens is 238 g/mol. The summed E-state index contributed by atoms with van der Waals surface area (Å²) in [4.78, 5) is 0.344. The van der Waals surface area contributed by atoms with Crippen LogP contribution < -0.4 is 0 Å². The molecule has 1 aliphatic rings. The fourth-order valence-electron chi connectivity index (χ4n) is 2.09. The molecule has 17 heavy (non-hydrogen) atoms. The number of benzene rings is 1. The second-order valence-corrected chi connectivity index (χ2v) is 6.45. The van der Waals surface area contributed by atoms with Crippen molar-refractivity contribution in [3.05, 3.63) is 29.8 Å². The third-order valence-electron chi connectivity index (χ3n) is 3.13. The fourth-order valence-corrected chi connectivity index (χ4v) is 3.73. The summed E-state index contributed by atoms with van der Waals surface area (Å²) in [7, 11) is -3.38. The van der Waals surface area contributed by atoms with Crippen LogP contribution in [-0.2, 0) is 10.0 Å². The molecule has 5 heteroatoms. The average molecular weight is 255 g/mol. The molecule has 1 N–H and O–H groups in total. The molecule has 1 saturated heterocycles. The lowest BCUT2D eigenvalue weighted by Crippen LogP contribution is -2.29. The maximum Gasteiger partial charge on any atom is 0.243 e. The highest BCUT2D eigenvalue weighted by molar-refractivity contribution is 7.89. The zero-order valence-electron chi connectivity index (χ0n) is 9.83. The number of aliphatic hydroxyl groups excluding tert-OH is 1. The van der Waals surface area contributed by atoms with Gasteiger partial charge in [0.1, 0.15) is 0 Å². The second kappa shape index (κ2) is 4.76. The molecule has 0 bridgehead atoms. The first-order chi connectivity index (χ1) is 8.04. The van der Waals surface area contributed by atoms with E-state index in [2.05, 4.69) is 0 Å². The highest BCUT2D eigenvalue weighted by Crippen LogP contribution is 2.24. The molecule has 0 amide bonds. The van der Waals surface area contributed by atoms with E-state index in [0.717, 1.165) is 12.0 Å². The number of sulfonamides is 1. The van der Waals surface area contributed by atoms with Crippen molar-refractivity contribution in [2.45, 2.75) is 18.2 Å². The molecule has 1 aromatic rings. The van der Waals surface area contributed by atoms with Gasteiger partial charge in [-0.25, -0.2) is 8.42 Å². The molecule has 94 valence electrons. The van der Waals surface area contributed by atoms with Crippen LogP contribution in [-0.4, -0.2) is 37.5 Å². The van der Waals surface area contributed by atoms with Gasteiger partial charge in [0.05, 0.1) is 4.90 Å². The van der Waals surface area contributed by atoms with Crippen LogP contribution in [0.15, 0.2) is 29.2 Å². The van der Waals surface area contributed by atoms with Crippen molar-refractivity contribution < 1.29 is 13.5 Å². The van der Waals surface area contributed by atoms with Crippen molar-refractivity contribution in [2.24, 2.45) is 5.92 Å². The number of hydrogen-bond acceptors (Lipinski definition) is 3. The Morgan fingerprint density at radius 1 is 1.47 bits per heavy atom. The van der Waals surface area contributed by atoms with Crippen LogP contribution in [0.5, 0.6) is 0 Å². The van der Waals surface area contributed by atoms with Gasteiger partial charge >= 0.3 is 0 Å². The molecule has 1 aliphatic heterocycles. The predicted molar refractivity (Wildman–Crippen MR) is 65.1 cm³/mol. The van der Waals surface area contributed by atoms with Crippen LogP contribution in [0.1, 0.15) is 12.0 Å². The topological polar surface area (TPSA) is 57.6 Å². The normalized spacial score (nSPS) is 21.9. The minimum absolute atomic E-state index is 0.0554. The molecule has 1 atom stereocenters. The Kier molecular flexibility index (Phi) is 3.51. The average Bonchev–Trinajstić information content (AvgIpc) is 2.78.